The number of piperidine rings is 1. The van der Waals surface area contributed by atoms with Crippen molar-refractivity contribution in [1.29, 1.82) is 0 Å². The van der Waals surface area contributed by atoms with Crippen LogP contribution in [-0.2, 0) is 11.2 Å². The Morgan fingerprint density at radius 1 is 1.25 bits per heavy atom. The standard InChI is InChI=1S/C21H30N4O3/c1-3-22-15-16-11-13-25(14-12-16)20(26)10-9-19-23-21(24-28-19)17-5-7-18(8-6-17)27-4-2/h5-8,16,22H,3-4,9-15H2,1-2H3. The number of ether oxygens (including phenoxy) is 1. The summed E-state index contributed by atoms with van der Waals surface area (Å²) < 4.78 is 10.8. The fraction of sp³-hybridized carbons (Fsp3) is 0.571. The van der Waals surface area contributed by atoms with Gasteiger partial charge in [-0.3, -0.25) is 4.79 Å². The number of likely N-dealkylation sites (tertiary alicyclic amines) is 1. The minimum absolute atomic E-state index is 0.169. The van der Waals surface area contributed by atoms with Crippen LogP contribution < -0.4 is 10.1 Å². The lowest BCUT2D eigenvalue weighted by Crippen LogP contribution is -2.40. The zero-order valence-electron chi connectivity index (χ0n) is 16.8. The van der Waals surface area contributed by atoms with Crippen molar-refractivity contribution in [3.8, 4) is 17.1 Å². The molecular formula is C21H30N4O3. The molecule has 28 heavy (non-hydrogen) atoms. The quantitative estimate of drug-likeness (QED) is 0.714. The molecule has 7 nitrogen and oxygen atoms in total. The summed E-state index contributed by atoms with van der Waals surface area (Å²) in [5.74, 6) is 2.70. The molecule has 1 aromatic carbocycles. The highest BCUT2D eigenvalue weighted by molar-refractivity contribution is 5.76. The van der Waals surface area contributed by atoms with Crippen molar-refractivity contribution in [2.24, 2.45) is 5.92 Å². The van der Waals surface area contributed by atoms with Crippen LogP contribution in [0.4, 0.5) is 0 Å². The molecular weight excluding hydrogens is 356 g/mol. The smallest absolute Gasteiger partial charge is 0.227 e. The molecule has 0 aliphatic carbocycles. The van der Waals surface area contributed by atoms with Gasteiger partial charge in [-0.25, -0.2) is 0 Å². The van der Waals surface area contributed by atoms with Crippen LogP contribution in [0.5, 0.6) is 5.75 Å². The Morgan fingerprint density at radius 3 is 2.68 bits per heavy atom. The first-order chi connectivity index (χ1) is 13.7. The highest BCUT2D eigenvalue weighted by Crippen LogP contribution is 2.21. The van der Waals surface area contributed by atoms with Crippen molar-refractivity contribution in [2.45, 2.75) is 39.5 Å². The molecule has 1 aliphatic heterocycles. The molecule has 2 aromatic rings. The Hall–Kier alpha value is -2.41. The van der Waals surface area contributed by atoms with Gasteiger partial charge >= 0.3 is 0 Å². The van der Waals surface area contributed by atoms with E-state index in [-0.39, 0.29) is 5.91 Å². The molecule has 0 radical (unpaired) electrons. The second-order valence-electron chi connectivity index (χ2n) is 7.10. The summed E-state index contributed by atoms with van der Waals surface area (Å²) in [4.78, 5) is 18.9. The SMILES string of the molecule is CCNCC1CCN(C(=O)CCc2nc(-c3ccc(OCC)cc3)no2)CC1. The molecule has 7 heteroatoms. The Balaban J connectivity index is 1.46. The molecule has 1 aromatic heterocycles. The molecule has 0 bridgehead atoms. The van der Waals surface area contributed by atoms with Crippen LogP contribution in [0, 0.1) is 5.92 Å². The maximum Gasteiger partial charge on any atom is 0.227 e. The molecule has 1 amide bonds. The molecule has 0 saturated carbocycles. The number of nitrogens with zero attached hydrogens (tertiary/aromatic N) is 3. The summed E-state index contributed by atoms with van der Waals surface area (Å²) in [5, 5.41) is 7.43. The summed E-state index contributed by atoms with van der Waals surface area (Å²) in [7, 11) is 0. The highest BCUT2D eigenvalue weighted by atomic mass is 16.5. The van der Waals surface area contributed by atoms with E-state index in [1.165, 1.54) is 0 Å². The number of carbonyl (C=O) groups is 1. The third kappa shape index (κ3) is 5.55. The minimum Gasteiger partial charge on any atom is -0.494 e. The molecule has 1 saturated heterocycles. The van der Waals surface area contributed by atoms with Crippen molar-refractivity contribution in [3.63, 3.8) is 0 Å². The number of aryl methyl sites for hydroxylation is 1. The van der Waals surface area contributed by atoms with E-state index in [0.29, 0.717) is 37.1 Å². The summed E-state index contributed by atoms with van der Waals surface area (Å²) >= 11 is 0. The number of benzene rings is 1. The van der Waals surface area contributed by atoms with Crippen LogP contribution in [-0.4, -0.2) is 53.7 Å². The molecule has 1 N–H and O–H groups in total. The largest absolute Gasteiger partial charge is 0.494 e. The molecule has 0 unspecified atom stereocenters. The minimum atomic E-state index is 0.169. The molecule has 1 aliphatic rings. The van der Waals surface area contributed by atoms with Gasteiger partial charge in [0.1, 0.15) is 5.75 Å². The lowest BCUT2D eigenvalue weighted by molar-refractivity contribution is -0.132. The van der Waals surface area contributed by atoms with Crippen molar-refractivity contribution >= 4 is 5.91 Å². The van der Waals surface area contributed by atoms with Crippen LogP contribution in [0.25, 0.3) is 11.4 Å². The van der Waals surface area contributed by atoms with Crippen molar-refractivity contribution in [2.75, 3.05) is 32.8 Å². The number of amides is 1. The van der Waals surface area contributed by atoms with E-state index >= 15 is 0 Å². The van der Waals surface area contributed by atoms with Gasteiger partial charge in [0.25, 0.3) is 0 Å². The fourth-order valence-electron chi connectivity index (χ4n) is 3.45. The highest BCUT2D eigenvalue weighted by Gasteiger charge is 2.22. The van der Waals surface area contributed by atoms with Crippen LogP contribution in [0.15, 0.2) is 28.8 Å². The third-order valence-electron chi connectivity index (χ3n) is 5.09. The van der Waals surface area contributed by atoms with E-state index in [4.69, 9.17) is 9.26 Å². The van der Waals surface area contributed by atoms with Gasteiger partial charge in [0.15, 0.2) is 0 Å². The lowest BCUT2D eigenvalue weighted by atomic mass is 9.96. The number of carbonyl (C=O) groups excluding carboxylic acids is 1. The van der Waals surface area contributed by atoms with E-state index < -0.39 is 0 Å². The predicted octanol–water partition coefficient (Wildman–Crippen LogP) is 2.92. The number of hydrogen-bond donors (Lipinski definition) is 1. The maximum atomic E-state index is 12.5. The topological polar surface area (TPSA) is 80.5 Å². The molecule has 1 fully saturated rings. The second-order valence-corrected chi connectivity index (χ2v) is 7.10. The van der Waals surface area contributed by atoms with Crippen LogP contribution >= 0.6 is 0 Å². The number of nitrogens with one attached hydrogen (secondary N) is 1. The van der Waals surface area contributed by atoms with E-state index in [0.717, 1.165) is 50.3 Å². The fourth-order valence-corrected chi connectivity index (χ4v) is 3.45. The Kier molecular flexibility index (Phi) is 7.42. The monoisotopic (exact) mass is 386 g/mol. The summed E-state index contributed by atoms with van der Waals surface area (Å²) in [5.41, 5.74) is 0.868. The van der Waals surface area contributed by atoms with Crippen LogP contribution in [0.2, 0.25) is 0 Å². The van der Waals surface area contributed by atoms with Crippen molar-refractivity contribution in [1.82, 2.24) is 20.4 Å². The molecule has 3 rings (SSSR count). The Bertz CT molecular complexity index is 736. The zero-order valence-corrected chi connectivity index (χ0v) is 16.8. The van der Waals surface area contributed by atoms with Gasteiger partial charge in [0, 0.05) is 31.5 Å². The van der Waals surface area contributed by atoms with Gasteiger partial charge in [-0.15, -0.1) is 0 Å². The predicted molar refractivity (Wildman–Crippen MR) is 107 cm³/mol. The van der Waals surface area contributed by atoms with E-state index in [1.807, 2.05) is 36.1 Å². The third-order valence-corrected chi connectivity index (χ3v) is 5.09. The van der Waals surface area contributed by atoms with Gasteiger partial charge in [0.2, 0.25) is 17.6 Å². The van der Waals surface area contributed by atoms with Gasteiger partial charge < -0.3 is 19.5 Å². The number of hydrogen-bond acceptors (Lipinski definition) is 6. The number of rotatable bonds is 9. The first kappa shape index (κ1) is 20.3. The summed E-state index contributed by atoms with van der Waals surface area (Å²) in [6.45, 7) is 8.44. The van der Waals surface area contributed by atoms with E-state index in [9.17, 15) is 4.79 Å². The molecule has 2 heterocycles. The normalized spacial score (nSPS) is 15.0. The molecule has 152 valence electrons. The molecule has 0 spiro atoms. The first-order valence-corrected chi connectivity index (χ1v) is 10.2. The molecule has 0 atom stereocenters. The van der Waals surface area contributed by atoms with Crippen molar-refractivity contribution in [3.05, 3.63) is 30.2 Å². The number of aromatic nitrogens is 2. The summed E-state index contributed by atoms with van der Waals surface area (Å²) in [6, 6.07) is 7.58. The average Bonchev–Trinajstić information content (AvgIpc) is 3.21. The lowest BCUT2D eigenvalue weighted by Gasteiger charge is -2.32. The zero-order chi connectivity index (χ0) is 19.8. The Labute approximate surface area is 166 Å². The Morgan fingerprint density at radius 2 is 2.00 bits per heavy atom. The van der Waals surface area contributed by atoms with E-state index in [2.05, 4.69) is 22.4 Å². The van der Waals surface area contributed by atoms with Crippen LogP contribution in [0.3, 0.4) is 0 Å². The van der Waals surface area contributed by atoms with Gasteiger partial charge in [-0.1, -0.05) is 12.1 Å². The first-order valence-electron chi connectivity index (χ1n) is 10.2. The summed E-state index contributed by atoms with van der Waals surface area (Å²) in [6.07, 6.45) is 3.02. The average molecular weight is 386 g/mol. The van der Waals surface area contributed by atoms with Crippen LogP contribution in [0.1, 0.15) is 39.0 Å². The van der Waals surface area contributed by atoms with Crippen molar-refractivity contribution < 1.29 is 14.1 Å². The van der Waals surface area contributed by atoms with Gasteiger partial charge in [-0.05, 0) is 63.0 Å². The maximum absolute atomic E-state index is 12.5. The van der Waals surface area contributed by atoms with Gasteiger partial charge in [0.05, 0.1) is 6.61 Å². The van der Waals surface area contributed by atoms with Gasteiger partial charge in [-0.2, -0.15) is 4.98 Å². The van der Waals surface area contributed by atoms with E-state index in [1.54, 1.807) is 0 Å². The second kappa shape index (κ2) is 10.2.